The summed E-state index contributed by atoms with van der Waals surface area (Å²) >= 11 is 0. The number of amides is 1. The maximum Gasteiger partial charge on any atom is 0.274 e. The third-order valence-electron chi connectivity index (χ3n) is 4.87. The predicted molar refractivity (Wildman–Crippen MR) is 108 cm³/mol. The summed E-state index contributed by atoms with van der Waals surface area (Å²) < 4.78 is 0. The first-order valence-corrected chi connectivity index (χ1v) is 9.34. The number of anilines is 3. The van der Waals surface area contributed by atoms with Crippen LogP contribution in [0.4, 0.5) is 17.3 Å². The van der Waals surface area contributed by atoms with Crippen molar-refractivity contribution in [3.63, 3.8) is 0 Å². The molecule has 2 heterocycles. The van der Waals surface area contributed by atoms with Crippen molar-refractivity contribution in [1.29, 1.82) is 0 Å². The number of carbonyl (C=O) groups is 1. The minimum Gasteiger partial charge on any atom is -0.320 e. The molecule has 0 aliphatic carbocycles. The number of hydrogen-bond donors (Lipinski definition) is 1. The second-order valence-corrected chi connectivity index (χ2v) is 6.59. The molecule has 0 radical (unpaired) electrons. The van der Waals surface area contributed by atoms with Crippen molar-refractivity contribution in [2.24, 2.45) is 0 Å². The number of para-hydroxylation sites is 2. The Labute approximate surface area is 159 Å². The molecule has 4 rings (SSSR count). The van der Waals surface area contributed by atoms with E-state index in [0.717, 1.165) is 42.7 Å². The Bertz CT molecular complexity index is 970. The highest BCUT2D eigenvalue weighted by Gasteiger charge is 2.21. The minimum absolute atomic E-state index is 0.218. The van der Waals surface area contributed by atoms with E-state index in [2.05, 4.69) is 45.3 Å². The first kappa shape index (κ1) is 17.2. The van der Waals surface area contributed by atoms with Crippen LogP contribution in [-0.2, 0) is 12.8 Å². The molecule has 27 heavy (non-hydrogen) atoms. The van der Waals surface area contributed by atoms with Gasteiger partial charge in [0.2, 0.25) is 5.95 Å². The van der Waals surface area contributed by atoms with Crippen LogP contribution in [0.15, 0.2) is 60.8 Å². The molecule has 1 aromatic heterocycles. The van der Waals surface area contributed by atoms with Gasteiger partial charge in [0.1, 0.15) is 5.69 Å². The van der Waals surface area contributed by atoms with Gasteiger partial charge >= 0.3 is 0 Å². The highest BCUT2D eigenvalue weighted by atomic mass is 16.1. The fourth-order valence-electron chi connectivity index (χ4n) is 3.48. The molecule has 0 atom stereocenters. The van der Waals surface area contributed by atoms with Crippen LogP contribution in [0.2, 0.25) is 0 Å². The maximum absolute atomic E-state index is 12.7. The molecule has 0 fully saturated rings. The number of nitrogens with zero attached hydrogens (tertiary/aromatic N) is 3. The third kappa shape index (κ3) is 3.53. The molecule has 0 spiro atoms. The fourth-order valence-corrected chi connectivity index (χ4v) is 3.48. The van der Waals surface area contributed by atoms with E-state index in [4.69, 9.17) is 0 Å². The Kier molecular flexibility index (Phi) is 4.83. The zero-order chi connectivity index (χ0) is 18.6. The Morgan fingerprint density at radius 1 is 1.11 bits per heavy atom. The van der Waals surface area contributed by atoms with E-state index in [9.17, 15) is 4.79 Å². The number of benzene rings is 2. The lowest BCUT2D eigenvalue weighted by Crippen LogP contribution is -2.27. The van der Waals surface area contributed by atoms with Crippen molar-refractivity contribution >= 4 is 23.2 Å². The number of carbonyl (C=O) groups excluding carboxylic acids is 1. The lowest BCUT2D eigenvalue weighted by Gasteiger charge is -2.29. The Hall–Kier alpha value is -3.21. The van der Waals surface area contributed by atoms with Gasteiger partial charge in [-0.1, -0.05) is 43.3 Å². The number of aromatic nitrogens is 2. The van der Waals surface area contributed by atoms with Gasteiger partial charge in [0, 0.05) is 24.1 Å². The van der Waals surface area contributed by atoms with Gasteiger partial charge in [0.05, 0.1) is 0 Å². The molecular weight excluding hydrogens is 336 g/mol. The van der Waals surface area contributed by atoms with Crippen LogP contribution in [0.5, 0.6) is 0 Å². The van der Waals surface area contributed by atoms with Gasteiger partial charge in [-0.3, -0.25) is 4.79 Å². The summed E-state index contributed by atoms with van der Waals surface area (Å²) in [5.41, 5.74) is 4.71. The predicted octanol–water partition coefficient (Wildman–Crippen LogP) is 4.38. The van der Waals surface area contributed by atoms with Gasteiger partial charge in [-0.05, 0) is 48.6 Å². The molecule has 5 heteroatoms. The molecule has 1 N–H and O–H groups in total. The number of rotatable bonds is 4. The van der Waals surface area contributed by atoms with Gasteiger partial charge in [-0.25, -0.2) is 9.97 Å². The summed E-state index contributed by atoms with van der Waals surface area (Å²) in [6.07, 6.45) is 4.61. The number of nitrogens with one attached hydrogen (secondary N) is 1. The smallest absolute Gasteiger partial charge is 0.274 e. The molecule has 0 unspecified atom stereocenters. The Balaban J connectivity index is 1.61. The van der Waals surface area contributed by atoms with Gasteiger partial charge in [0.25, 0.3) is 5.91 Å². The van der Waals surface area contributed by atoms with Crippen molar-refractivity contribution in [2.75, 3.05) is 16.8 Å². The molecule has 3 aromatic rings. The number of aryl methyl sites for hydroxylation is 2. The first-order chi connectivity index (χ1) is 13.3. The second kappa shape index (κ2) is 7.58. The molecule has 2 aromatic carbocycles. The van der Waals surface area contributed by atoms with Crippen LogP contribution < -0.4 is 10.2 Å². The average molecular weight is 358 g/mol. The van der Waals surface area contributed by atoms with Crippen molar-refractivity contribution in [3.05, 3.63) is 77.6 Å². The zero-order valence-corrected chi connectivity index (χ0v) is 15.4. The van der Waals surface area contributed by atoms with E-state index in [-0.39, 0.29) is 5.91 Å². The van der Waals surface area contributed by atoms with E-state index < -0.39 is 0 Å². The summed E-state index contributed by atoms with van der Waals surface area (Å²) in [5, 5.41) is 2.98. The number of fused-ring (bicyclic) bond motifs is 1. The van der Waals surface area contributed by atoms with Crippen LogP contribution in [0.3, 0.4) is 0 Å². The topological polar surface area (TPSA) is 58.1 Å². The van der Waals surface area contributed by atoms with Crippen molar-refractivity contribution < 1.29 is 4.79 Å². The molecule has 0 saturated heterocycles. The van der Waals surface area contributed by atoms with E-state index >= 15 is 0 Å². The number of hydrogen-bond acceptors (Lipinski definition) is 4. The van der Waals surface area contributed by atoms with Gasteiger partial charge < -0.3 is 10.2 Å². The Morgan fingerprint density at radius 3 is 2.81 bits per heavy atom. The van der Waals surface area contributed by atoms with Crippen LogP contribution in [-0.4, -0.2) is 22.4 Å². The standard InChI is InChI=1S/C22H22N4O/c1-2-16-8-3-5-11-18(16)24-21(27)19-13-14-23-22(25-19)26-15-7-10-17-9-4-6-12-20(17)26/h3-6,8-9,11-14H,2,7,10,15H2,1H3,(H,24,27). The van der Waals surface area contributed by atoms with Crippen molar-refractivity contribution in [2.45, 2.75) is 26.2 Å². The largest absolute Gasteiger partial charge is 0.320 e. The average Bonchev–Trinajstić information content (AvgIpc) is 2.74. The molecule has 1 aliphatic heterocycles. The molecule has 0 saturated carbocycles. The van der Waals surface area contributed by atoms with Crippen LogP contribution >= 0.6 is 0 Å². The lowest BCUT2D eigenvalue weighted by molar-refractivity contribution is 0.102. The van der Waals surface area contributed by atoms with E-state index in [1.807, 2.05) is 30.3 Å². The molecule has 1 amide bonds. The minimum atomic E-state index is -0.218. The highest BCUT2D eigenvalue weighted by Crippen LogP contribution is 2.31. The van der Waals surface area contributed by atoms with E-state index in [0.29, 0.717) is 11.6 Å². The van der Waals surface area contributed by atoms with Crippen LogP contribution in [0.1, 0.15) is 35.0 Å². The van der Waals surface area contributed by atoms with Crippen molar-refractivity contribution in [3.8, 4) is 0 Å². The van der Waals surface area contributed by atoms with E-state index in [1.54, 1.807) is 12.3 Å². The lowest BCUT2D eigenvalue weighted by atomic mass is 10.0. The van der Waals surface area contributed by atoms with Crippen molar-refractivity contribution in [1.82, 2.24) is 9.97 Å². The molecule has 1 aliphatic rings. The summed E-state index contributed by atoms with van der Waals surface area (Å²) in [6.45, 7) is 2.92. The summed E-state index contributed by atoms with van der Waals surface area (Å²) in [6, 6.07) is 17.8. The van der Waals surface area contributed by atoms with Crippen LogP contribution in [0.25, 0.3) is 0 Å². The quantitative estimate of drug-likeness (QED) is 0.752. The van der Waals surface area contributed by atoms with Gasteiger partial charge in [-0.15, -0.1) is 0 Å². The Morgan fingerprint density at radius 2 is 1.93 bits per heavy atom. The first-order valence-electron chi connectivity index (χ1n) is 9.34. The SMILES string of the molecule is CCc1ccccc1NC(=O)c1ccnc(N2CCCc3ccccc32)n1. The van der Waals surface area contributed by atoms with Crippen LogP contribution in [0, 0.1) is 0 Å². The summed E-state index contributed by atoms with van der Waals surface area (Å²) in [7, 11) is 0. The fraction of sp³-hybridized carbons (Fsp3) is 0.227. The van der Waals surface area contributed by atoms with Gasteiger partial charge in [0.15, 0.2) is 0 Å². The van der Waals surface area contributed by atoms with E-state index in [1.165, 1.54) is 5.56 Å². The highest BCUT2D eigenvalue weighted by molar-refractivity contribution is 6.03. The zero-order valence-electron chi connectivity index (χ0n) is 15.4. The molecular formula is C22H22N4O. The molecule has 0 bridgehead atoms. The third-order valence-corrected chi connectivity index (χ3v) is 4.87. The van der Waals surface area contributed by atoms with Gasteiger partial charge in [-0.2, -0.15) is 0 Å². The molecule has 5 nitrogen and oxygen atoms in total. The second-order valence-electron chi connectivity index (χ2n) is 6.59. The maximum atomic E-state index is 12.7. The summed E-state index contributed by atoms with van der Waals surface area (Å²) in [4.78, 5) is 23.8. The molecule has 136 valence electrons. The summed E-state index contributed by atoms with van der Waals surface area (Å²) in [5.74, 6) is 0.350. The monoisotopic (exact) mass is 358 g/mol. The normalized spacial score (nSPS) is 13.1.